The van der Waals surface area contributed by atoms with Gasteiger partial charge in [0.05, 0.1) is 12.2 Å². The minimum Gasteiger partial charge on any atom is -0.309 e. The molecule has 1 aromatic rings. The molecular formula is C13H19F3N2O2S. The summed E-state index contributed by atoms with van der Waals surface area (Å²) in [5, 5.41) is 2.68. The number of nitrogens with zero attached hydrogens (tertiary/aromatic N) is 1. The van der Waals surface area contributed by atoms with Crippen LogP contribution in [0.4, 0.5) is 13.2 Å². The van der Waals surface area contributed by atoms with E-state index >= 15 is 0 Å². The first kappa shape index (κ1) is 17.9. The molecule has 1 N–H and O–H groups in total. The Bertz CT molecular complexity index is 530. The van der Waals surface area contributed by atoms with E-state index in [2.05, 4.69) is 5.32 Å². The Kier molecular flexibility index (Phi) is 6.18. The maximum Gasteiger partial charge on any atom is 0.390 e. The van der Waals surface area contributed by atoms with Crippen LogP contribution in [-0.4, -0.2) is 45.3 Å². The van der Waals surface area contributed by atoms with Crippen molar-refractivity contribution in [2.75, 3.05) is 26.4 Å². The number of hydrogen-bond acceptors (Lipinski definition) is 3. The van der Waals surface area contributed by atoms with Crippen LogP contribution in [0.2, 0.25) is 0 Å². The van der Waals surface area contributed by atoms with Gasteiger partial charge in [-0.15, -0.1) is 0 Å². The SMILES string of the molecule is CN(C)S(=O)(=O)CCNC(CC(F)(F)F)c1ccccc1. The molecule has 1 atom stereocenters. The lowest BCUT2D eigenvalue weighted by Gasteiger charge is -2.21. The molecule has 0 aromatic heterocycles. The summed E-state index contributed by atoms with van der Waals surface area (Å²) < 4.78 is 62.1. The van der Waals surface area contributed by atoms with Crippen LogP contribution in [0.25, 0.3) is 0 Å². The fraction of sp³-hybridized carbons (Fsp3) is 0.538. The third-order valence-electron chi connectivity index (χ3n) is 2.94. The minimum absolute atomic E-state index is 0.0455. The molecule has 0 aliphatic rings. The van der Waals surface area contributed by atoms with E-state index in [0.29, 0.717) is 5.56 Å². The summed E-state index contributed by atoms with van der Waals surface area (Å²) in [6.45, 7) is -0.0455. The highest BCUT2D eigenvalue weighted by Gasteiger charge is 2.32. The summed E-state index contributed by atoms with van der Waals surface area (Å²) in [4.78, 5) is 0. The van der Waals surface area contributed by atoms with Gasteiger partial charge in [-0.2, -0.15) is 13.2 Å². The average molecular weight is 324 g/mol. The molecule has 0 amide bonds. The first-order valence-electron chi connectivity index (χ1n) is 6.37. The van der Waals surface area contributed by atoms with Crippen molar-refractivity contribution < 1.29 is 21.6 Å². The van der Waals surface area contributed by atoms with Crippen molar-refractivity contribution in [1.29, 1.82) is 0 Å². The van der Waals surface area contributed by atoms with E-state index in [0.717, 1.165) is 4.31 Å². The zero-order valence-electron chi connectivity index (χ0n) is 11.9. The molecule has 0 heterocycles. The van der Waals surface area contributed by atoms with Gasteiger partial charge in [0.2, 0.25) is 10.0 Å². The summed E-state index contributed by atoms with van der Waals surface area (Å²) in [5.41, 5.74) is 0.483. The van der Waals surface area contributed by atoms with E-state index < -0.39 is 28.7 Å². The Morgan fingerprint density at radius 1 is 1.19 bits per heavy atom. The standard InChI is InChI=1S/C13H19F3N2O2S/c1-18(2)21(19,20)9-8-17-12(10-13(14,15)16)11-6-4-3-5-7-11/h3-7,12,17H,8-10H2,1-2H3. The van der Waals surface area contributed by atoms with Crippen LogP contribution in [0.15, 0.2) is 30.3 Å². The van der Waals surface area contributed by atoms with Crippen LogP contribution >= 0.6 is 0 Å². The second-order valence-corrected chi connectivity index (χ2v) is 7.14. The number of hydrogen-bond donors (Lipinski definition) is 1. The second kappa shape index (κ2) is 7.24. The Hall–Kier alpha value is -1.12. The first-order chi connectivity index (χ1) is 9.62. The van der Waals surface area contributed by atoms with Crippen LogP contribution in [-0.2, 0) is 10.0 Å². The monoisotopic (exact) mass is 324 g/mol. The van der Waals surface area contributed by atoms with Gasteiger partial charge in [0.1, 0.15) is 0 Å². The Morgan fingerprint density at radius 3 is 2.24 bits per heavy atom. The number of sulfonamides is 1. The van der Waals surface area contributed by atoms with E-state index in [1.807, 2.05) is 0 Å². The molecule has 1 aromatic carbocycles. The Balaban J connectivity index is 2.71. The fourth-order valence-corrected chi connectivity index (χ4v) is 2.51. The molecule has 0 fully saturated rings. The maximum atomic E-state index is 12.6. The van der Waals surface area contributed by atoms with Crippen molar-refractivity contribution in [3.63, 3.8) is 0 Å². The molecule has 8 heteroatoms. The number of halogens is 3. The lowest BCUT2D eigenvalue weighted by molar-refractivity contribution is -0.140. The van der Waals surface area contributed by atoms with Crippen molar-refractivity contribution in [3.8, 4) is 0 Å². The van der Waals surface area contributed by atoms with Gasteiger partial charge in [0.15, 0.2) is 0 Å². The third-order valence-corrected chi connectivity index (χ3v) is 4.78. The lowest BCUT2D eigenvalue weighted by atomic mass is 10.0. The zero-order chi connectivity index (χ0) is 16.1. The predicted molar refractivity (Wildman–Crippen MR) is 75.3 cm³/mol. The summed E-state index contributed by atoms with van der Waals surface area (Å²) in [6, 6.07) is 7.23. The van der Waals surface area contributed by atoms with E-state index in [1.165, 1.54) is 14.1 Å². The van der Waals surface area contributed by atoms with Crippen LogP contribution in [0.5, 0.6) is 0 Å². The second-order valence-electron chi connectivity index (χ2n) is 4.84. The van der Waals surface area contributed by atoms with Crippen LogP contribution in [0.1, 0.15) is 18.0 Å². The van der Waals surface area contributed by atoms with Crippen molar-refractivity contribution in [2.45, 2.75) is 18.6 Å². The molecule has 0 radical (unpaired) electrons. The molecule has 1 rings (SSSR count). The van der Waals surface area contributed by atoms with Gasteiger partial charge in [-0.1, -0.05) is 30.3 Å². The third kappa shape index (κ3) is 6.45. The fourth-order valence-electron chi connectivity index (χ4n) is 1.77. The molecule has 0 spiro atoms. The van der Waals surface area contributed by atoms with Gasteiger partial charge >= 0.3 is 6.18 Å². The first-order valence-corrected chi connectivity index (χ1v) is 7.98. The molecule has 4 nitrogen and oxygen atoms in total. The quantitative estimate of drug-likeness (QED) is 0.836. The van der Waals surface area contributed by atoms with Crippen molar-refractivity contribution in [3.05, 3.63) is 35.9 Å². The van der Waals surface area contributed by atoms with Crippen LogP contribution in [0, 0.1) is 0 Å². The maximum absolute atomic E-state index is 12.6. The molecule has 0 aliphatic heterocycles. The van der Waals surface area contributed by atoms with Gasteiger partial charge < -0.3 is 5.32 Å². The highest BCUT2D eigenvalue weighted by atomic mass is 32.2. The molecule has 0 saturated carbocycles. The molecule has 0 bridgehead atoms. The van der Waals surface area contributed by atoms with Gasteiger partial charge in [-0.25, -0.2) is 12.7 Å². The molecule has 0 saturated heterocycles. The van der Waals surface area contributed by atoms with Gasteiger partial charge in [0, 0.05) is 26.7 Å². The van der Waals surface area contributed by atoms with Crippen LogP contribution in [0.3, 0.4) is 0 Å². The number of alkyl halides is 3. The van der Waals surface area contributed by atoms with Gasteiger partial charge in [0.25, 0.3) is 0 Å². The van der Waals surface area contributed by atoms with Crippen LogP contribution < -0.4 is 5.32 Å². The van der Waals surface area contributed by atoms with Crippen molar-refractivity contribution in [2.24, 2.45) is 0 Å². The molecule has 120 valence electrons. The molecule has 1 unspecified atom stereocenters. The lowest BCUT2D eigenvalue weighted by Crippen LogP contribution is -2.34. The van der Waals surface area contributed by atoms with E-state index in [4.69, 9.17) is 0 Å². The Morgan fingerprint density at radius 2 is 1.76 bits per heavy atom. The number of benzene rings is 1. The van der Waals surface area contributed by atoms with Gasteiger partial charge in [-0.05, 0) is 5.56 Å². The smallest absolute Gasteiger partial charge is 0.309 e. The summed E-state index contributed by atoms with van der Waals surface area (Å²) in [7, 11) is -0.653. The predicted octanol–water partition coefficient (Wildman–Crippen LogP) is 2.16. The molecular weight excluding hydrogens is 305 g/mol. The van der Waals surface area contributed by atoms with Gasteiger partial charge in [-0.3, -0.25) is 0 Å². The largest absolute Gasteiger partial charge is 0.390 e. The highest BCUT2D eigenvalue weighted by molar-refractivity contribution is 7.89. The van der Waals surface area contributed by atoms with E-state index in [9.17, 15) is 21.6 Å². The average Bonchev–Trinajstić information content (AvgIpc) is 2.37. The Labute approximate surface area is 123 Å². The number of nitrogens with one attached hydrogen (secondary N) is 1. The summed E-state index contributed by atoms with van der Waals surface area (Å²) in [5.74, 6) is -0.249. The van der Waals surface area contributed by atoms with Crippen molar-refractivity contribution >= 4 is 10.0 Å². The highest BCUT2D eigenvalue weighted by Crippen LogP contribution is 2.29. The molecule has 0 aliphatic carbocycles. The van der Waals surface area contributed by atoms with Crippen molar-refractivity contribution in [1.82, 2.24) is 9.62 Å². The number of rotatable bonds is 7. The van der Waals surface area contributed by atoms with E-state index in [-0.39, 0.29) is 12.3 Å². The molecule has 21 heavy (non-hydrogen) atoms. The van der Waals surface area contributed by atoms with E-state index in [1.54, 1.807) is 30.3 Å². The zero-order valence-corrected chi connectivity index (χ0v) is 12.7. The minimum atomic E-state index is -4.33. The topological polar surface area (TPSA) is 49.4 Å². The summed E-state index contributed by atoms with van der Waals surface area (Å²) >= 11 is 0. The normalized spacial score (nSPS) is 14.4. The summed E-state index contributed by atoms with van der Waals surface area (Å²) in [6.07, 6.45) is -5.37.